The summed E-state index contributed by atoms with van der Waals surface area (Å²) in [5, 5.41) is 5.11. The van der Waals surface area contributed by atoms with E-state index in [2.05, 4.69) is 5.10 Å². The molecule has 1 aromatic heterocycles. The fourth-order valence-corrected chi connectivity index (χ4v) is 3.86. The zero-order valence-electron chi connectivity index (χ0n) is 17.3. The fourth-order valence-electron chi connectivity index (χ4n) is 3.86. The number of hydrogen-bond donors (Lipinski definition) is 0. The maximum Gasteiger partial charge on any atom is 0.359 e. The molecule has 0 saturated carbocycles. The van der Waals surface area contributed by atoms with Crippen LogP contribution >= 0.6 is 0 Å². The molecule has 2 aromatic carbocycles. The van der Waals surface area contributed by atoms with E-state index in [-0.39, 0.29) is 30.3 Å². The van der Waals surface area contributed by atoms with Crippen molar-refractivity contribution in [2.24, 2.45) is 0 Å². The normalized spacial score (nSPS) is 14.3. The maximum atomic E-state index is 12.9. The Morgan fingerprint density at radius 1 is 0.871 bits per heavy atom. The Kier molecular flexibility index (Phi) is 6.40. The zero-order chi connectivity index (χ0) is 21.6. The second-order valence-electron chi connectivity index (χ2n) is 7.71. The number of esters is 1. The van der Waals surface area contributed by atoms with Crippen LogP contribution in [0, 0.1) is 0 Å². The van der Waals surface area contributed by atoms with Gasteiger partial charge in [-0.3, -0.25) is 9.59 Å². The van der Waals surface area contributed by atoms with Gasteiger partial charge >= 0.3 is 5.97 Å². The first kappa shape index (κ1) is 20.8. The third-order valence-electron chi connectivity index (χ3n) is 5.52. The Labute approximate surface area is 180 Å². The Morgan fingerprint density at radius 2 is 1.52 bits per heavy atom. The van der Waals surface area contributed by atoms with E-state index < -0.39 is 5.97 Å². The summed E-state index contributed by atoms with van der Waals surface area (Å²) in [7, 11) is 0. The Hall–Kier alpha value is -3.48. The lowest BCUT2D eigenvalue weighted by Gasteiger charge is -2.20. The highest BCUT2D eigenvalue weighted by atomic mass is 16.5. The number of amides is 1. The molecule has 1 aliphatic rings. The van der Waals surface area contributed by atoms with Crippen LogP contribution in [0.3, 0.4) is 0 Å². The monoisotopic (exact) mass is 419 g/mol. The summed E-state index contributed by atoms with van der Waals surface area (Å²) < 4.78 is 6.60. The number of benzene rings is 2. The van der Waals surface area contributed by atoms with Crippen molar-refractivity contribution in [1.29, 1.82) is 0 Å². The lowest BCUT2D eigenvalue weighted by atomic mass is 10.1. The SMILES string of the molecule is O=C(OCC(=O)N1CCCCCC1)c1nn(Cc2ccccc2)c(=O)c2ccccc12. The molecule has 7 nitrogen and oxygen atoms in total. The van der Waals surface area contributed by atoms with E-state index >= 15 is 0 Å². The van der Waals surface area contributed by atoms with Crippen LogP contribution < -0.4 is 5.56 Å². The first-order chi connectivity index (χ1) is 15.1. The number of rotatable bonds is 5. The molecule has 160 valence electrons. The van der Waals surface area contributed by atoms with E-state index in [9.17, 15) is 14.4 Å². The van der Waals surface area contributed by atoms with Crippen molar-refractivity contribution in [2.45, 2.75) is 32.2 Å². The van der Waals surface area contributed by atoms with Crippen molar-refractivity contribution < 1.29 is 14.3 Å². The fraction of sp³-hybridized carbons (Fsp3) is 0.333. The molecule has 4 rings (SSSR count). The first-order valence-corrected chi connectivity index (χ1v) is 10.6. The molecule has 2 heterocycles. The van der Waals surface area contributed by atoms with Gasteiger partial charge in [0, 0.05) is 18.5 Å². The number of likely N-dealkylation sites (tertiary alicyclic amines) is 1. The predicted octanol–water partition coefficient (Wildman–Crippen LogP) is 3.00. The second-order valence-corrected chi connectivity index (χ2v) is 7.71. The van der Waals surface area contributed by atoms with Gasteiger partial charge in [-0.15, -0.1) is 0 Å². The molecule has 1 amide bonds. The topological polar surface area (TPSA) is 81.5 Å². The van der Waals surface area contributed by atoms with Crippen molar-refractivity contribution in [2.75, 3.05) is 19.7 Å². The highest BCUT2D eigenvalue weighted by molar-refractivity contribution is 6.02. The second kappa shape index (κ2) is 9.55. The van der Waals surface area contributed by atoms with Gasteiger partial charge in [0.05, 0.1) is 11.9 Å². The predicted molar refractivity (Wildman–Crippen MR) is 117 cm³/mol. The van der Waals surface area contributed by atoms with Crippen molar-refractivity contribution in [3.63, 3.8) is 0 Å². The molecule has 7 heteroatoms. The summed E-state index contributed by atoms with van der Waals surface area (Å²) >= 11 is 0. The third kappa shape index (κ3) is 4.82. The number of ether oxygens (including phenoxy) is 1. The smallest absolute Gasteiger partial charge is 0.359 e. The molecule has 0 spiro atoms. The van der Waals surface area contributed by atoms with Gasteiger partial charge in [-0.25, -0.2) is 9.48 Å². The Morgan fingerprint density at radius 3 is 2.23 bits per heavy atom. The number of hydrogen-bond acceptors (Lipinski definition) is 5. The first-order valence-electron chi connectivity index (χ1n) is 10.6. The van der Waals surface area contributed by atoms with Crippen molar-refractivity contribution in [3.05, 3.63) is 76.2 Å². The van der Waals surface area contributed by atoms with Gasteiger partial charge in [-0.1, -0.05) is 61.4 Å². The molecule has 1 saturated heterocycles. The van der Waals surface area contributed by atoms with Gasteiger partial charge in [-0.05, 0) is 24.5 Å². The highest BCUT2D eigenvalue weighted by Gasteiger charge is 2.21. The van der Waals surface area contributed by atoms with Crippen molar-refractivity contribution in [3.8, 4) is 0 Å². The molecule has 0 atom stereocenters. The van der Waals surface area contributed by atoms with Crippen LogP contribution in [0.1, 0.15) is 41.7 Å². The van der Waals surface area contributed by atoms with E-state index in [4.69, 9.17) is 4.74 Å². The summed E-state index contributed by atoms with van der Waals surface area (Å²) in [4.78, 5) is 40.0. The summed E-state index contributed by atoms with van der Waals surface area (Å²) in [6, 6.07) is 16.3. The molecule has 0 unspecified atom stereocenters. The molecule has 0 N–H and O–H groups in total. The van der Waals surface area contributed by atoms with Crippen LogP contribution in [0.4, 0.5) is 0 Å². The molecular weight excluding hydrogens is 394 g/mol. The van der Waals surface area contributed by atoms with E-state index in [0.717, 1.165) is 31.2 Å². The summed E-state index contributed by atoms with van der Waals surface area (Å²) in [6.07, 6.45) is 4.16. The summed E-state index contributed by atoms with van der Waals surface area (Å²) in [5.74, 6) is -0.904. The molecule has 0 aliphatic carbocycles. The highest BCUT2D eigenvalue weighted by Crippen LogP contribution is 2.15. The number of fused-ring (bicyclic) bond motifs is 1. The molecule has 1 fully saturated rings. The van der Waals surface area contributed by atoms with Gasteiger partial charge in [-0.2, -0.15) is 5.10 Å². The number of carbonyl (C=O) groups excluding carboxylic acids is 2. The average Bonchev–Trinajstić information content (AvgIpc) is 3.09. The van der Waals surface area contributed by atoms with E-state index in [0.29, 0.717) is 23.9 Å². The lowest BCUT2D eigenvalue weighted by Crippen LogP contribution is -2.35. The maximum absolute atomic E-state index is 12.9. The van der Waals surface area contributed by atoms with Crippen molar-refractivity contribution in [1.82, 2.24) is 14.7 Å². The van der Waals surface area contributed by atoms with Crippen molar-refractivity contribution >= 4 is 22.6 Å². The summed E-state index contributed by atoms with van der Waals surface area (Å²) in [5.41, 5.74) is 0.648. The Bertz CT molecular complexity index is 1130. The Balaban J connectivity index is 1.58. The van der Waals surface area contributed by atoms with Gasteiger partial charge in [0.15, 0.2) is 12.3 Å². The van der Waals surface area contributed by atoms with E-state index in [1.807, 2.05) is 30.3 Å². The zero-order valence-corrected chi connectivity index (χ0v) is 17.3. The number of nitrogens with zero attached hydrogens (tertiary/aromatic N) is 3. The number of carbonyl (C=O) groups is 2. The molecule has 3 aromatic rings. The van der Waals surface area contributed by atoms with Crippen LogP contribution in [-0.2, 0) is 16.1 Å². The molecular formula is C24H25N3O4. The largest absolute Gasteiger partial charge is 0.451 e. The van der Waals surface area contributed by atoms with Crippen LogP contribution in [0.15, 0.2) is 59.4 Å². The summed E-state index contributed by atoms with van der Waals surface area (Å²) in [6.45, 7) is 1.29. The van der Waals surface area contributed by atoms with Gasteiger partial charge in [0.2, 0.25) is 0 Å². The van der Waals surface area contributed by atoms with E-state index in [1.54, 1.807) is 29.2 Å². The van der Waals surface area contributed by atoms with Crippen LogP contribution in [0.25, 0.3) is 10.8 Å². The average molecular weight is 419 g/mol. The van der Waals surface area contributed by atoms with Crippen LogP contribution in [0.2, 0.25) is 0 Å². The standard InChI is InChI=1S/C24H25N3O4/c28-21(26-14-8-1-2-9-15-26)17-31-24(30)22-19-12-6-7-13-20(19)23(29)27(25-22)16-18-10-4-3-5-11-18/h3-7,10-13H,1-2,8-9,14-17H2. The molecule has 1 aliphatic heterocycles. The molecule has 0 bridgehead atoms. The van der Waals surface area contributed by atoms with Crippen LogP contribution in [0.5, 0.6) is 0 Å². The number of aromatic nitrogens is 2. The van der Waals surface area contributed by atoms with Gasteiger partial charge in [0.25, 0.3) is 11.5 Å². The van der Waals surface area contributed by atoms with Crippen LogP contribution in [-0.4, -0.2) is 46.3 Å². The quantitative estimate of drug-likeness (QED) is 0.594. The van der Waals surface area contributed by atoms with Gasteiger partial charge in [0.1, 0.15) is 0 Å². The third-order valence-corrected chi connectivity index (χ3v) is 5.52. The minimum Gasteiger partial charge on any atom is -0.451 e. The molecule has 0 radical (unpaired) electrons. The lowest BCUT2D eigenvalue weighted by molar-refractivity contribution is -0.134. The molecule has 31 heavy (non-hydrogen) atoms. The minimum absolute atomic E-state index is 0.0368. The van der Waals surface area contributed by atoms with E-state index in [1.165, 1.54) is 4.68 Å². The van der Waals surface area contributed by atoms with Gasteiger partial charge < -0.3 is 9.64 Å². The minimum atomic E-state index is -0.707.